The summed E-state index contributed by atoms with van der Waals surface area (Å²) in [5, 5.41) is 2.91. The second kappa shape index (κ2) is 8.28. The minimum atomic E-state index is 0.0153. The SMILES string of the molecule is CCC(=O)Nc1cc(N(CCCl)CCCl)ccc1C. The Labute approximate surface area is 124 Å². The maximum absolute atomic E-state index is 11.5. The zero-order valence-corrected chi connectivity index (χ0v) is 12.9. The lowest BCUT2D eigenvalue weighted by Crippen LogP contribution is -2.27. The minimum Gasteiger partial charge on any atom is -0.369 e. The highest BCUT2D eigenvalue weighted by Gasteiger charge is 2.09. The quantitative estimate of drug-likeness (QED) is 0.780. The highest BCUT2D eigenvalue weighted by atomic mass is 35.5. The summed E-state index contributed by atoms with van der Waals surface area (Å²) in [6.45, 7) is 5.28. The van der Waals surface area contributed by atoms with Crippen molar-refractivity contribution in [1.82, 2.24) is 0 Å². The number of amides is 1. The van der Waals surface area contributed by atoms with E-state index in [1.54, 1.807) is 0 Å². The highest BCUT2D eigenvalue weighted by Crippen LogP contribution is 2.23. The third-order valence-corrected chi connectivity index (χ3v) is 3.23. The molecular formula is C14H20Cl2N2O. The van der Waals surface area contributed by atoms with E-state index in [1.165, 1.54) is 0 Å². The molecule has 1 aromatic rings. The van der Waals surface area contributed by atoms with Crippen LogP contribution in [-0.2, 0) is 4.79 Å². The summed E-state index contributed by atoms with van der Waals surface area (Å²) in [6.07, 6.45) is 0.469. The molecule has 1 aromatic carbocycles. The van der Waals surface area contributed by atoms with Crippen molar-refractivity contribution in [3.8, 4) is 0 Å². The maximum atomic E-state index is 11.5. The number of hydrogen-bond acceptors (Lipinski definition) is 2. The van der Waals surface area contributed by atoms with Gasteiger partial charge in [0.2, 0.25) is 5.91 Å². The lowest BCUT2D eigenvalue weighted by atomic mass is 10.1. The van der Waals surface area contributed by atoms with Gasteiger partial charge in [0, 0.05) is 42.6 Å². The molecule has 0 aromatic heterocycles. The van der Waals surface area contributed by atoms with Crippen LogP contribution in [0.4, 0.5) is 11.4 Å². The van der Waals surface area contributed by atoms with E-state index in [4.69, 9.17) is 23.2 Å². The maximum Gasteiger partial charge on any atom is 0.224 e. The first-order valence-electron chi connectivity index (χ1n) is 6.39. The van der Waals surface area contributed by atoms with Gasteiger partial charge in [-0.1, -0.05) is 13.0 Å². The van der Waals surface area contributed by atoms with Gasteiger partial charge in [-0.3, -0.25) is 4.79 Å². The molecule has 0 aliphatic carbocycles. The Morgan fingerprint density at radius 1 is 1.26 bits per heavy atom. The van der Waals surface area contributed by atoms with Gasteiger partial charge in [-0.2, -0.15) is 0 Å². The van der Waals surface area contributed by atoms with Crippen LogP contribution in [0.3, 0.4) is 0 Å². The fraction of sp³-hybridized carbons (Fsp3) is 0.500. The third kappa shape index (κ3) is 4.92. The smallest absolute Gasteiger partial charge is 0.224 e. The summed E-state index contributed by atoms with van der Waals surface area (Å²) in [5.41, 5.74) is 2.92. The van der Waals surface area contributed by atoms with Crippen molar-refractivity contribution < 1.29 is 4.79 Å². The molecule has 0 aliphatic heterocycles. The van der Waals surface area contributed by atoms with Crippen LogP contribution < -0.4 is 10.2 Å². The van der Waals surface area contributed by atoms with Crippen LogP contribution in [0.15, 0.2) is 18.2 Å². The van der Waals surface area contributed by atoms with E-state index >= 15 is 0 Å². The van der Waals surface area contributed by atoms with E-state index in [0.29, 0.717) is 18.2 Å². The Morgan fingerprint density at radius 3 is 2.42 bits per heavy atom. The van der Waals surface area contributed by atoms with E-state index in [2.05, 4.69) is 10.2 Å². The molecule has 0 radical (unpaired) electrons. The topological polar surface area (TPSA) is 32.3 Å². The molecule has 1 amide bonds. The molecule has 0 fully saturated rings. The molecule has 0 heterocycles. The van der Waals surface area contributed by atoms with Crippen molar-refractivity contribution in [1.29, 1.82) is 0 Å². The van der Waals surface area contributed by atoms with Crippen LogP contribution in [0, 0.1) is 6.92 Å². The normalized spacial score (nSPS) is 10.3. The first-order chi connectivity index (χ1) is 9.12. The molecule has 0 atom stereocenters. The van der Waals surface area contributed by atoms with Crippen LogP contribution in [0.5, 0.6) is 0 Å². The number of alkyl halides is 2. The molecule has 3 nitrogen and oxygen atoms in total. The van der Waals surface area contributed by atoms with Gasteiger partial charge >= 0.3 is 0 Å². The summed E-state index contributed by atoms with van der Waals surface area (Å²) >= 11 is 11.6. The summed E-state index contributed by atoms with van der Waals surface area (Å²) in [4.78, 5) is 13.6. The van der Waals surface area contributed by atoms with Crippen molar-refractivity contribution in [2.75, 3.05) is 35.1 Å². The van der Waals surface area contributed by atoms with Gasteiger partial charge in [0.1, 0.15) is 0 Å². The van der Waals surface area contributed by atoms with Crippen molar-refractivity contribution >= 4 is 40.5 Å². The molecular weight excluding hydrogens is 283 g/mol. The van der Waals surface area contributed by atoms with Crippen LogP contribution in [0.1, 0.15) is 18.9 Å². The van der Waals surface area contributed by atoms with E-state index in [0.717, 1.165) is 30.0 Å². The monoisotopic (exact) mass is 302 g/mol. The van der Waals surface area contributed by atoms with Crippen molar-refractivity contribution in [3.05, 3.63) is 23.8 Å². The minimum absolute atomic E-state index is 0.0153. The number of carbonyl (C=O) groups is 1. The molecule has 1 rings (SSSR count). The highest BCUT2D eigenvalue weighted by molar-refractivity contribution is 6.18. The molecule has 0 bridgehead atoms. The average molecular weight is 303 g/mol. The lowest BCUT2D eigenvalue weighted by molar-refractivity contribution is -0.115. The molecule has 0 saturated carbocycles. The Balaban J connectivity index is 2.95. The number of rotatable bonds is 7. The van der Waals surface area contributed by atoms with Gasteiger partial charge in [-0.25, -0.2) is 0 Å². The van der Waals surface area contributed by atoms with Crippen LogP contribution in [0.25, 0.3) is 0 Å². The number of hydrogen-bond donors (Lipinski definition) is 1. The fourth-order valence-electron chi connectivity index (χ4n) is 1.75. The number of nitrogens with one attached hydrogen (secondary N) is 1. The number of carbonyl (C=O) groups excluding carboxylic acids is 1. The van der Waals surface area contributed by atoms with Gasteiger partial charge < -0.3 is 10.2 Å². The Morgan fingerprint density at radius 2 is 1.89 bits per heavy atom. The number of halogens is 2. The molecule has 106 valence electrons. The van der Waals surface area contributed by atoms with Gasteiger partial charge in [0.25, 0.3) is 0 Å². The molecule has 19 heavy (non-hydrogen) atoms. The number of anilines is 2. The van der Waals surface area contributed by atoms with E-state index in [-0.39, 0.29) is 5.91 Å². The molecule has 5 heteroatoms. The first-order valence-corrected chi connectivity index (χ1v) is 7.46. The lowest BCUT2D eigenvalue weighted by Gasteiger charge is -2.24. The van der Waals surface area contributed by atoms with Gasteiger partial charge in [0.15, 0.2) is 0 Å². The predicted octanol–water partition coefficient (Wildman–Crippen LogP) is 3.63. The molecule has 0 spiro atoms. The largest absolute Gasteiger partial charge is 0.369 e. The second-order valence-electron chi connectivity index (χ2n) is 4.27. The predicted molar refractivity (Wildman–Crippen MR) is 83.8 cm³/mol. The van der Waals surface area contributed by atoms with Crippen molar-refractivity contribution in [2.45, 2.75) is 20.3 Å². The van der Waals surface area contributed by atoms with E-state index in [1.807, 2.05) is 32.0 Å². The van der Waals surface area contributed by atoms with Crippen molar-refractivity contribution in [3.63, 3.8) is 0 Å². The summed E-state index contributed by atoms with van der Waals surface area (Å²) in [7, 11) is 0. The Bertz CT molecular complexity index is 418. The average Bonchev–Trinajstić information content (AvgIpc) is 2.41. The van der Waals surface area contributed by atoms with Gasteiger partial charge in [-0.05, 0) is 24.6 Å². The van der Waals surface area contributed by atoms with Gasteiger partial charge in [0.05, 0.1) is 0 Å². The molecule has 0 aliphatic rings. The molecule has 0 saturated heterocycles. The Hall–Kier alpha value is -0.930. The second-order valence-corrected chi connectivity index (χ2v) is 5.02. The number of benzene rings is 1. The fourth-order valence-corrected chi connectivity index (χ4v) is 2.16. The number of nitrogens with zero attached hydrogens (tertiary/aromatic N) is 1. The van der Waals surface area contributed by atoms with Crippen molar-refractivity contribution in [2.24, 2.45) is 0 Å². The van der Waals surface area contributed by atoms with Crippen LogP contribution in [-0.4, -0.2) is 30.8 Å². The van der Waals surface area contributed by atoms with Crippen LogP contribution >= 0.6 is 23.2 Å². The first kappa shape index (κ1) is 16.1. The summed E-state index contributed by atoms with van der Waals surface area (Å²) in [6, 6.07) is 5.99. The van der Waals surface area contributed by atoms with E-state index < -0.39 is 0 Å². The number of aryl methyl sites for hydroxylation is 1. The third-order valence-electron chi connectivity index (χ3n) is 2.89. The summed E-state index contributed by atoms with van der Waals surface area (Å²) < 4.78 is 0. The molecule has 1 N–H and O–H groups in total. The molecule has 0 unspecified atom stereocenters. The standard InChI is InChI=1S/C14H20Cl2N2O/c1-3-14(19)17-13-10-12(5-4-11(13)2)18(8-6-15)9-7-16/h4-5,10H,3,6-9H2,1-2H3,(H,17,19). The summed E-state index contributed by atoms with van der Waals surface area (Å²) in [5.74, 6) is 1.10. The Kier molecular flexibility index (Phi) is 7.03. The van der Waals surface area contributed by atoms with Crippen LogP contribution in [0.2, 0.25) is 0 Å². The van der Waals surface area contributed by atoms with Gasteiger partial charge in [-0.15, -0.1) is 23.2 Å². The zero-order valence-electron chi connectivity index (χ0n) is 11.4. The van der Waals surface area contributed by atoms with E-state index in [9.17, 15) is 4.79 Å². The zero-order chi connectivity index (χ0) is 14.3.